The van der Waals surface area contributed by atoms with Gasteiger partial charge >= 0.3 is 0 Å². The zero-order valence-corrected chi connectivity index (χ0v) is 12.4. The maximum absolute atomic E-state index is 11.4. The van der Waals surface area contributed by atoms with Crippen molar-refractivity contribution in [2.75, 3.05) is 6.61 Å². The number of benzene rings is 2. The van der Waals surface area contributed by atoms with E-state index < -0.39 is 0 Å². The topological polar surface area (TPSA) is 35.5 Å². The molecule has 0 spiro atoms. The van der Waals surface area contributed by atoms with E-state index in [0.717, 1.165) is 17.1 Å². The molecule has 3 heteroatoms. The average molecular weight is 284 g/mol. The number of para-hydroxylation sites is 1. The van der Waals surface area contributed by atoms with Crippen LogP contribution in [-0.2, 0) is 16.1 Å². The van der Waals surface area contributed by atoms with E-state index in [0.29, 0.717) is 6.61 Å². The highest BCUT2D eigenvalue weighted by atomic mass is 16.5. The monoisotopic (exact) mass is 284 g/mol. The first-order chi connectivity index (χ1) is 10.1. The van der Waals surface area contributed by atoms with Gasteiger partial charge in [0.1, 0.15) is 18.1 Å². The molecule has 0 aliphatic carbocycles. The van der Waals surface area contributed by atoms with E-state index in [9.17, 15) is 4.79 Å². The highest BCUT2D eigenvalue weighted by Gasteiger charge is 2.06. The van der Waals surface area contributed by atoms with Gasteiger partial charge in [0, 0.05) is 5.92 Å². The van der Waals surface area contributed by atoms with Crippen LogP contribution in [0.5, 0.6) is 11.5 Å². The van der Waals surface area contributed by atoms with Crippen LogP contribution in [-0.4, -0.2) is 12.4 Å². The standard InChI is InChI=1S/C18H20O3/c1-14(2)18(19)13-20-12-15-8-10-17(11-9-15)21-16-6-4-3-5-7-16/h3-11,14H,12-13H2,1-2H3. The number of Topliss-reactive ketones (excluding diaryl/α,β-unsaturated/α-hetero) is 1. The molecule has 0 aliphatic heterocycles. The molecule has 0 radical (unpaired) electrons. The van der Waals surface area contributed by atoms with Crippen LogP contribution in [0.4, 0.5) is 0 Å². The van der Waals surface area contributed by atoms with Crippen molar-refractivity contribution in [1.82, 2.24) is 0 Å². The summed E-state index contributed by atoms with van der Waals surface area (Å²) in [7, 11) is 0. The number of hydrogen-bond acceptors (Lipinski definition) is 3. The molecule has 0 unspecified atom stereocenters. The van der Waals surface area contributed by atoms with Gasteiger partial charge < -0.3 is 9.47 Å². The first-order valence-corrected chi connectivity index (χ1v) is 7.07. The Morgan fingerprint density at radius 2 is 1.57 bits per heavy atom. The zero-order chi connectivity index (χ0) is 15.1. The van der Waals surface area contributed by atoms with Crippen molar-refractivity contribution in [2.45, 2.75) is 20.5 Å². The number of ketones is 1. The minimum absolute atomic E-state index is 0.0200. The number of carbonyl (C=O) groups excluding carboxylic acids is 1. The van der Waals surface area contributed by atoms with Crippen molar-refractivity contribution in [3.63, 3.8) is 0 Å². The zero-order valence-electron chi connectivity index (χ0n) is 12.4. The fraction of sp³-hybridized carbons (Fsp3) is 0.278. The van der Waals surface area contributed by atoms with Crippen molar-refractivity contribution >= 4 is 5.78 Å². The molecule has 0 saturated carbocycles. The van der Waals surface area contributed by atoms with Crippen molar-refractivity contribution in [2.24, 2.45) is 5.92 Å². The van der Waals surface area contributed by atoms with Gasteiger partial charge in [-0.2, -0.15) is 0 Å². The van der Waals surface area contributed by atoms with Gasteiger partial charge in [-0.25, -0.2) is 0 Å². The second-order valence-electron chi connectivity index (χ2n) is 5.17. The lowest BCUT2D eigenvalue weighted by molar-refractivity contribution is -0.126. The van der Waals surface area contributed by atoms with Crippen molar-refractivity contribution < 1.29 is 14.3 Å². The van der Waals surface area contributed by atoms with Crippen LogP contribution in [0.3, 0.4) is 0 Å². The molecule has 0 fully saturated rings. The molecule has 2 rings (SSSR count). The van der Waals surface area contributed by atoms with E-state index in [1.165, 1.54) is 0 Å². The largest absolute Gasteiger partial charge is 0.457 e. The normalized spacial score (nSPS) is 10.6. The second kappa shape index (κ2) is 7.60. The Morgan fingerprint density at radius 1 is 0.952 bits per heavy atom. The van der Waals surface area contributed by atoms with Crippen LogP contribution in [0.2, 0.25) is 0 Å². The van der Waals surface area contributed by atoms with E-state index in [-0.39, 0.29) is 18.3 Å². The van der Waals surface area contributed by atoms with E-state index >= 15 is 0 Å². The fourth-order valence-electron chi connectivity index (χ4n) is 1.71. The van der Waals surface area contributed by atoms with Crippen molar-refractivity contribution in [3.8, 4) is 11.5 Å². The fourth-order valence-corrected chi connectivity index (χ4v) is 1.71. The van der Waals surface area contributed by atoms with Crippen LogP contribution >= 0.6 is 0 Å². The first-order valence-electron chi connectivity index (χ1n) is 7.07. The molecule has 0 N–H and O–H groups in total. The van der Waals surface area contributed by atoms with Gasteiger partial charge in [0.25, 0.3) is 0 Å². The molecule has 2 aromatic carbocycles. The lowest BCUT2D eigenvalue weighted by Gasteiger charge is -2.08. The van der Waals surface area contributed by atoms with E-state index in [4.69, 9.17) is 9.47 Å². The highest BCUT2D eigenvalue weighted by molar-refractivity contribution is 5.81. The summed E-state index contributed by atoms with van der Waals surface area (Å²) < 4.78 is 11.1. The van der Waals surface area contributed by atoms with Gasteiger partial charge in [-0.05, 0) is 29.8 Å². The van der Waals surface area contributed by atoms with Crippen LogP contribution in [0, 0.1) is 5.92 Å². The number of hydrogen-bond donors (Lipinski definition) is 0. The van der Waals surface area contributed by atoms with Crippen molar-refractivity contribution in [1.29, 1.82) is 0 Å². The Bertz CT molecular complexity index is 559. The van der Waals surface area contributed by atoms with Gasteiger partial charge in [0.2, 0.25) is 0 Å². The van der Waals surface area contributed by atoms with Gasteiger partial charge in [-0.15, -0.1) is 0 Å². The smallest absolute Gasteiger partial charge is 0.160 e. The molecule has 0 aliphatic rings. The summed E-state index contributed by atoms with van der Waals surface area (Å²) in [6.45, 7) is 4.35. The van der Waals surface area contributed by atoms with E-state index in [2.05, 4.69) is 0 Å². The van der Waals surface area contributed by atoms with Crippen LogP contribution < -0.4 is 4.74 Å². The molecular weight excluding hydrogens is 264 g/mol. The third kappa shape index (κ3) is 5.04. The van der Waals surface area contributed by atoms with E-state index in [1.54, 1.807) is 0 Å². The van der Waals surface area contributed by atoms with Gasteiger partial charge in [-0.1, -0.05) is 44.2 Å². The Morgan fingerprint density at radius 3 is 2.19 bits per heavy atom. The summed E-state index contributed by atoms with van der Waals surface area (Å²) in [5, 5.41) is 0. The van der Waals surface area contributed by atoms with E-state index in [1.807, 2.05) is 68.4 Å². The SMILES string of the molecule is CC(C)C(=O)COCc1ccc(Oc2ccccc2)cc1. The Labute approximate surface area is 125 Å². The number of ether oxygens (including phenoxy) is 2. The molecule has 0 atom stereocenters. The predicted octanol–water partition coefficient (Wildman–Crippen LogP) is 4.22. The summed E-state index contributed by atoms with van der Waals surface area (Å²) in [6.07, 6.45) is 0. The summed E-state index contributed by atoms with van der Waals surface area (Å²) >= 11 is 0. The average Bonchev–Trinajstić information content (AvgIpc) is 2.50. The molecule has 110 valence electrons. The second-order valence-corrected chi connectivity index (χ2v) is 5.17. The predicted molar refractivity (Wildman–Crippen MR) is 82.5 cm³/mol. The number of rotatable bonds is 7. The van der Waals surface area contributed by atoms with Gasteiger partial charge in [-0.3, -0.25) is 4.79 Å². The molecular formula is C18H20O3. The Hall–Kier alpha value is -2.13. The molecule has 0 saturated heterocycles. The Balaban J connectivity index is 1.83. The molecule has 0 heterocycles. The van der Waals surface area contributed by atoms with Crippen LogP contribution in [0.15, 0.2) is 54.6 Å². The summed E-state index contributed by atoms with van der Waals surface area (Å²) in [6, 6.07) is 17.3. The summed E-state index contributed by atoms with van der Waals surface area (Å²) in [4.78, 5) is 11.4. The lowest BCUT2D eigenvalue weighted by Crippen LogP contribution is -2.14. The molecule has 2 aromatic rings. The maximum atomic E-state index is 11.4. The molecule has 0 amide bonds. The third-order valence-electron chi connectivity index (χ3n) is 3.06. The van der Waals surface area contributed by atoms with Gasteiger partial charge in [0.05, 0.1) is 6.61 Å². The molecule has 3 nitrogen and oxygen atoms in total. The summed E-state index contributed by atoms with van der Waals surface area (Å²) in [5.74, 6) is 1.73. The van der Waals surface area contributed by atoms with Gasteiger partial charge in [0.15, 0.2) is 5.78 Å². The maximum Gasteiger partial charge on any atom is 0.160 e. The van der Waals surface area contributed by atoms with Crippen LogP contribution in [0.1, 0.15) is 19.4 Å². The Kier molecular flexibility index (Phi) is 5.52. The number of carbonyl (C=O) groups is 1. The molecule has 0 aromatic heterocycles. The molecule has 21 heavy (non-hydrogen) atoms. The third-order valence-corrected chi connectivity index (χ3v) is 3.06. The minimum Gasteiger partial charge on any atom is -0.457 e. The summed E-state index contributed by atoms with van der Waals surface area (Å²) in [5.41, 5.74) is 1.02. The minimum atomic E-state index is 0.0200. The quantitative estimate of drug-likeness (QED) is 0.763. The van der Waals surface area contributed by atoms with Crippen LogP contribution in [0.25, 0.3) is 0 Å². The lowest BCUT2D eigenvalue weighted by atomic mass is 10.1. The first kappa shape index (κ1) is 15.3. The molecule has 0 bridgehead atoms. The highest BCUT2D eigenvalue weighted by Crippen LogP contribution is 2.21. The van der Waals surface area contributed by atoms with Crippen molar-refractivity contribution in [3.05, 3.63) is 60.2 Å².